The maximum Gasteiger partial charge on any atom is 0.189 e. The molecule has 0 aliphatic heterocycles. The van der Waals surface area contributed by atoms with Crippen molar-refractivity contribution in [1.29, 1.82) is 0 Å². The molecule has 0 aromatic heterocycles. The van der Waals surface area contributed by atoms with Gasteiger partial charge < -0.3 is 5.11 Å². The fourth-order valence-electron chi connectivity index (χ4n) is 4.50. The Kier molecular flexibility index (Phi) is 2.69. The van der Waals surface area contributed by atoms with Crippen LogP contribution in [-0.2, 0) is 14.4 Å². The van der Waals surface area contributed by atoms with Crippen molar-refractivity contribution in [2.24, 2.45) is 10.8 Å². The maximum atomic E-state index is 13.0. The second-order valence-corrected chi connectivity index (χ2v) is 7.41. The molecule has 0 aromatic carbocycles. The summed E-state index contributed by atoms with van der Waals surface area (Å²) in [5, 5.41) is 10.6. The third-order valence-corrected chi connectivity index (χ3v) is 5.93. The molecule has 4 rings (SSSR count). The summed E-state index contributed by atoms with van der Waals surface area (Å²) < 4.78 is 0. The molecule has 0 radical (unpaired) electrons. The second kappa shape index (κ2) is 4.26. The molecule has 4 heteroatoms. The molecule has 0 saturated carbocycles. The fourth-order valence-corrected chi connectivity index (χ4v) is 4.50. The van der Waals surface area contributed by atoms with E-state index >= 15 is 0 Å². The summed E-state index contributed by atoms with van der Waals surface area (Å²) in [4.78, 5) is 36.6. The van der Waals surface area contributed by atoms with Crippen LogP contribution < -0.4 is 0 Å². The van der Waals surface area contributed by atoms with Crippen molar-refractivity contribution in [2.45, 2.75) is 39.2 Å². The van der Waals surface area contributed by atoms with E-state index < -0.39 is 16.9 Å². The quantitative estimate of drug-likeness (QED) is 0.743. The first-order chi connectivity index (χ1) is 10.8. The molecule has 0 saturated heterocycles. The van der Waals surface area contributed by atoms with Crippen molar-refractivity contribution >= 4 is 17.3 Å². The Labute approximate surface area is 134 Å². The predicted octanol–water partition coefficient (Wildman–Crippen LogP) is 2.00. The molecular formula is C19H18O4. The summed E-state index contributed by atoms with van der Waals surface area (Å²) >= 11 is 0. The molecule has 4 aliphatic carbocycles. The van der Waals surface area contributed by atoms with Gasteiger partial charge in [0.25, 0.3) is 0 Å². The maximum absolute atomic E-state index is 13.0. The van der Waals surface area contributed by atoms with Crippen LogP contribution in [-0.4, -0.2) is 28.6 Å². The first-order valence-corrected chi connectivity index (χ1v) is 7.93. The lowest BCUT2D eigenvalue weighted by Gasteiger charge is -2.46. The SMILES string of the molecule is C[C@]12CCC(=O)C=C1C=CC1=C2C(=O)[C@@H](O)[C@]2(C)CC(=O)C=C12. The molecular weight excluding hydrogens is 292 g/mol. The number of aliphatic hydroxyl groups is 1. The van der Waals surface area contributed by atoms with E-state index in [9.17, 15) is 19.5 Å². The Morgan fingerprint density at radius 1 is 1.09 bits per heavy atom. The molecule has 4 nitrogen and oxygen atoms in total. The van der Waals surface area contributed by atoms with Crippen LogP contribution in [0.4, 0.5) is 0 Å². The Bertz CT molecular complexity index is 807. The van der Waals surface area contributed by atoms with Crippen LogP contribution in [0.25, 0.3) is 0 Å². The average Bonchev–Trinajstić information content (AvgIpc) is 2.81. The van der Waals surface area contributed by atoms with Crippen molar-refractivity contribution in [1.82, 2.24) is 0 Å². The molecule has 0 aromatic rings. The van der Waals surface area contributed by atoms with E-state index in [1.807, 2.05) is 19.1 Å². The van der Waals surface area contributed by atoms with E-state index in [0.29, 0.717) is 18.4 Å². The van der Waals surface area contributed by atoms with Gasteiger partial charge in [-0.05, 0) is 35.3 Å². The van der Waals surface area contributed by atoms with Crippen molar-refractivity contribution in [2.75, 3.05) is 0 Å². The van der Waals surface area contributed by atoms with Gasteiger partial charge in [-0.2, -0.15) is 0 Å². The lowest BCUT2D eigenvalue weighted by Crippen LogP contribution is -2.48. The first-order valence-electron chi connectivity index (χ1n) is 7.93. The van der Waals surface area contributed by atoms with Crippen LogP contribution in [0.5, 0.6) is 0 Å². The van der Waals surface area contributed by atoms with Crippen LogP contribution >= 0.6 is 0 Å². The molecule has 0 heterocycles. The van der Waals surface area contributed by atoms with Crippen molar-refractivity contribution < 1.29 is 19.5 Å². The van der Waals surface area contributed by atoms with E-state index in [1.165, 1.54) is 0 Å². The molecule has 0 bridgehead atoms. The zero-order valence-corrected chi connectivity index (χ0v) is 13.2. The largest absolute Gasteiger partial charge is 0.384 e. The van der Waals surface area contributed by atoms with Crippen LogP contribution in [0.3, 0.4) is 0 Å². The van der Waals surface area contributed by atoms with Gasteiger partial charge in [0, 0.05) is 29.2 Å². The van der Waals surface area contributed by atoms with Crippen molar-refractivity contribution in [3.8, 4) is 0 Å². The zero-order valence-electron chi connectivity index (χ0n) is 13.2. The highest BCUT2D eigenvalue weighted by atomic mass is 16.3. The molecule has 23 heavy (non-hydrogen) atoms. The Hall–Kier alpha value is -2.07. The molecule has 0 amide bonds. The van der Waals surface area contributed by atoms with Crippen LogP contribution in [0, 0.1) is 10.8 Å². The van der Waals surface area contributed by atoms with E-state index in [0.717, 1.165) is 16.7 Å². The average molecular weight is 310 g/mol. The van der Waals surface area contributed by atoms with Crippen LogP contribution in [0.2, 0.25) is 0 Å². The van der Waals surface area contributed by atoms with Gasteiger partial charge >= 0.3 is 0 Å². The normalized spacial score (nSPS) is 38.9. The standard InChI is InChI=1S/C19H18O4/c1-18-6-5-11(20)7-10(18)3-4-13-14-8-12(21)9-19(14,2)17(23)16(22)15(13)18/h3-4,7-8,17,23H,5-6,9H2,1-2H3/t17-,18+,19-/m1/s1. The van der Waals surface area contributed by atoms with Crippen LogP contribution in [0.1, 0.15) is 33.1 Å². The number of allylic oxidation sites excluding steroid dienone is 6. The van der Waals surface area contributed by atoms with Crippen molar-refractivity contribution in [3.05, 3.63) is 46.6 Å². The van der Waals surface area contributed by atoms with Gasteiger partial charge in [0.1, 0.15) is 6.10 Å². The minimum absolute atomic E-state index is 0.0539. The zero-order chi connectivity index (χ0) is 16.6. The van der Waals surface area contributed by atoms with E-state index in [2.05, 4.69) is 0 Å². The number of carbonyl (C=O) groups excluding carboxylic acids is 3. The lowest BCUT2D eigenvalue weighted by molar-refractivity contribution is -0.131. The van der Waals surface area contributed by atoms with Crippen LogP contribution in [0.15, 0.2) is 46.6 Å². The number of carbonyl (C=O) groups is 3. The van der Waals surface area contributed by atoms with Gasteiger partial charge in [-0.25, -0.2) is 0 Å². The number of ketones is 3. The molecule has 1 N–H and O–H groups in total. The topological polar surface area (TPSA) is 71.4 Å². The van der Waals surface area contributed by atoms with Gasteiger partial charge in [-0.1, -0.05) is 26.0 Å². The first kappa shape index (κ1) is 14.5. The summed E-state index contributed by atoms with van der Waals surface area (Å²) in [6.07, 6.45) is 6.78. The van der Waals surface area contributed by atoms with Gasteiger partial charge in [-0.15, -0.1) is 0 Å². The third-order valence-electron chi connectivity index (χ3n) is 5.93. The Morgan fingerprint density at radius 3 is 2.57 bits per heavy atom. The molecule has 118 valence electrons. The fraction of sp³-hybridized carbons (Fsp3) is 0.421. The van der Waals surface area contributed by atoms with Gasteiger partial charge in [-0.3, -0.25) is 14.4 Å². The van der Waals surface area contributed by atoms with Gasteiger partial charge in [0.05, 0.1) is 0 Å². The summed E-state index contributed by atoms with van der Waals surface area (Å²) in [6.45, 7) is 3.73. The number of aliphatic hydroxyl groups excluding tert-OH is 1. The number of hydrogen-bond acceptors (Lipinski definition) is 4. The third kappa shape index (κ3) is 1.67. The van der Waals surface area contributed by atoms with Gasteiger partial charge in [0.15, 0.2) is 17.3 Å². The Morgan fingerprint density at radius 2 is 1.83 bits per heavy atom. The number of rotatable bonds is 0. The minimum atomic E-state index is -1.21. The molecule has 0 unspecified atom stereocenters. The highest BCUT2D eigenvalue weighted by Crippen LogP contribution is 2.57. The molecule has 0 fully saturated rings. The highest BCUT2D eigenvalue weighted by Gasteiger charge is 2.55. The van der Waals surface area contributed by atoms with E-state index in [4.69, 9.17) is 0 Å². The summed E-state index contributed by atoms with van der Waals surface area (Å²) in [5.41, 5.74) is 1.51. The van der Waals surface area contributed by atoms with Gasteiger partial charge in [0.2, 0.25) is 0 Å². The second-order valence-electron chi connectivity index (χ2n) is 7.41. The number of fused-ring (bicyclic) bond motifs is 4. The predicted molar refractivity (Wildman–Crippen MR) is 83.4 cm³/mol. The molecule has 3 atom stereocenters. The van der Waals surface area contributed by atoms with E-state index in [1.54, 1.807) is 19.1 Å². The summed E-state index contributed by atoms with van der Waals surface area (Å²) in [5.74, 6) is -0.293. The highest BCUT2D eigenvalue weighted by molar-refractivity contribution is 6.09. The smallest absolute Gasteiger partial charge is 0.189 e. The summed E-state index contributed by atoms with van der Waals surface area (Å²) in [7, 11) is 0. The monoisotopic (exact) mass is 310 g/mol. The molecule has 4 aliphatic rings. The van der Waals surface area contributed by atoms with Crippen molar-refractivity contribution in [3.63, 3.8) is 0 Å². The van der Waals surface area contributed by atoms with E-state index in [-0.39, 0.29) is 23.8 Å². The molecule has 0 spiro atoms. The number of hydrogen-bond donors (Lipinski definition) is 1. The number of Topliss-reactive ketones (excluding diaryl/α,β-unsaturated/α-hetero) is 1. The Balaban J connectivity index is 1.99. The summed E-state index contributed by atoms with van der Waals surface area (Å²) in [6, 6.07) is 0. The lowest BCUT2D eigenvalue weighted by atomic mass is 9.57. The minimum Gasteiger partial charge on any atom is -0.384 e.